The number of alkyl carbamates (subject to hydrolysis) is 1. The predicted molar refractivity (Wildman–Crippen MR) is 96.6 cm³/mol. The van der Waals surface area contributed by atoms with E-state index in [0.29, 0.717) is 0 Å². The molecule has 2 unspecified atom stereocenters. The molecule has 0 bridgehead atoms. The molecular weight excluding hydrogens is 324 g/mol. The molecule has 1 amide bonds. The second-order valence-corrected chi connectivity index (χ2v) is 8.14. The van der Waals surface area contributed by atoms with Crippen molar-refractivity contribution in [3.8, 4) is 0 Å². The number of nitrogens with zero attached hydrogens (tertiary/aromatic N) is 3. The summed E-state index contributed by atoms with van der Waals surface area (Å²) in [5, 5.41) is 6.14. The van der Waals surface area contributed by atoms with Crippen molar-refractivity contribution in [1.29, 1.82) is 0 Å². The lowest BCUT2D eigenvalue weighted by molar-refractivity contribution is 0.0494. The van der Waals surface area contributed by atoms with Crippen LogP contribution in [0.3, 0.4) is 0 Å². The smallest absolute Gasteiger partial charge is 0.407 e. The third-order valence-corrected chi connectivity index (χ3v) is 4.93. The number of carbonyl (C=O) groups excluding carboxylic acids is 1. The van der Waals surface area contributed by atoms with Crippen molar-refractivity contribution in [2.24, 2.45) is 0 Å². The monoisotopic (exact) mass is 348 g/mol. The molecule has 24 heavy (non-hydrogen) atoms. The first-order chi connectivity index (χ1) is 11.3. The van der Waals surface area contributed by atoms with E-state index in [1.165, 1.54) is 0 Å². The Kier molecular flexibility index (Phi) is 4.62. The number of fused-ring (bicyclic) bond motifs is 1. The zero-order chi connectivity index (χ0) is 17.3. The van der Waals surface area contributed by atoms with Crippen molar-refractivity contribution in [3.05, 3.63) is 17.8 Å². The molecule has 0 aromatic carbocycles. The molecule has 6 nitrogen and oxygen atoms in total. The van der Waals surface area contributed by atoms with Gasteiger partial charge in [-0.25, -0.2) is 14.8 Å². The van der Waals surface area contributed by atoms with E-state index >= 15 is 0 Å². The van der Waals surface area contributed by atoms with Crippen molar-refractivity contribution in [2.45, 2.75) is 58.2 Å². The van der Waals surface area contributed by atoms with Crippen molar-refractivity contribution < 1.29 is 9.53 Å². The van der Waals surface area contributed by atoms with Crippen molar-refractivity contribution >= 4 is 33.5 Å². The summed E-state index contributed by atoms with van der Waals surface area (Å²) in [5.74, 6) is 0.990. The lowest BCUT2D eigenvalue weighted by atomic mass is 9.98. The largest absolute Gasteiger partial charge is 0.444 e. The number of ether oxygens (including phenoxy) is 1. The summed E-state index contributed by atoms with van der Waals surface area (Å²) in [6, 6.07) is 2.50. The van der Waals surface area contributed by atoms with Crippen LogP contribution in [0.4, 0.5) is 10.6 Å². The van der Waals surface area contributed by atoms with Gasteiger partial charge in [0.1, 0.15) is 22.6 Å². The van der Waals surface area contributed by atoms with Crippen LogP contribution in [0.2, 0.25) is 0 Å². The van der Waals surface area contributed by atoms with E-state index in [1.54, 1.807) is 17.7 Å². The third-order valence-electron chi connectivity index (χ3n) is 4.11. The molecule has 1 N–H and O–H groups in total. The molecule has 0 aliphatic carbocycles. The Morgan fingerprint density at radius 2 is 2.21 bits per heavy atom. The number of aromatic nitrogens is 2. The van der Waals surface area contributed by atoms with Gasteiger partial charge in [-0.2, -0.15) is 0 Å². The Labute approximate surface area is 146 Å². The lowest BCUT2D eigenvalue weighted by Crippen LogP contribution is -2.50. The molecule has 1 fully saturated rings. The highest BCUT2D eigenvalue weighted by atomic mass is 32.1. The quantitative estimate of drug-likeness (QED) is 0.898. The van der Waals surface area contributed by atoms with Crippen LogP contribution in [0.15, 0.2) is 17.8 Å². The van der Waals surface area contributed by atoms with Gasteiger partial charge in [-0.05, 0) is 52.0 Å². The van der Waals surface area contributed by atoms with E-state index in [-0.39, 0.29) is 18.2 Å². The maximum Gasteiger partial charge on any atom is 0.407 e. The first kappa shape index (κ1) is 17.0. The minimum atomic E-state index is -0.470. The number of amides is 1. The molecule has 1 saturated heterocycles. The SMILES string of the molecule is CC1CC(NC(=O)OC(C)(C)C)CCN1c1ncnc2sccc12. The molecule has 2 aromatic heterocycles. The molecule has 0 saturated carbocycles. The maximum absolute atomic E-state index is 12.0. The Balaban J connectivity index is 1.65. The molecule has 0 spiro atoms. The number of rotatable bonds is 2. The summed E-state index contributed by atoms with van der Waals surface area (Å²) >= 11 is 1.63. The van der Waals surface area contributed by atoms with Crippen LogP contribution in [0, 0.1) is 0 Å². The summed E-state index contributed by atoms with van der Waals surface area (Å²) in [5.41, 5.74) is -0.470. The van der Waals surface area contributed by atoms with Gasteiger partial charge in [0.15, 0.2) is 0 Å². The molecule has 1 aliphatic heterocycles. The average Bonchev–Trinajstić information content (AvgIpc) is 2.94. The van der Waals surface area contributed by atoms with Crippen LogP contribution >= 0.6 is 11.3 Å². The summed E-state index contributed by atoms with van der Waals surface area (Å²) in [6.45, 7) is 8.64. The molecule has 1 aliphatic rings. The fraction of sp³-hybridized carbons (Fsp3) is 0.588. The van der Waals surface area contributed by atoms with E-state index in [1.807, 2.05) is 26.2 Å². The van der Waals surface area contributed by atoms with E-state index in [9.17, 15) is 4.79 Å². The second-order valence-electron chi connectivity index (χ2n) is 7.25. The van der Waals surface area contributed by atoms with Crippen LogP contribution in [-0.4, -0.2) is 40.3 Å². The summed E-state index contributed by atoms with van der Waals surface area (Å²) in [4.78, 5) is 24.1. The Morgan fingerprint density at radius 3 is 2.92 bits per heavy atom. The standard InChI is InChI=1S/C17H24N4O2S/c1-11-9-12(20-16(22)23-17(2,3)4)5-7-21(11)14-13-6-8-24-15(13)19-10-18-14/h6,8,10-12H,5,7,9H2,1-4H3,(H,20,22). The molecule has 130 valence electrons. The maximum atomic E-state index is 12.0. The minimum absolute atomic E-state index is 0.130. The molecule has 2 aromatic rings. The summed E-state index contributed by atoms with van der Waals surface area (Å²) in [6.07, 6.45) is 3.04. The third kappa shape index (κ3) is 3.77. The number of piperidine rings is 1. The number of carbonyl (C=O) groups is 1. The molecule has 0 radical (unpaired) electrons. The number of thiophene rings is 1. The van der Waals surface area contributed by atoms with Gasteiger partial charge in [-0.15, -0.1) is 11.3 Å². The Bertz CT molecular complexity index is 725. The van der Waals surface area contributed by atoms with Gasteiger partial charge >= 0.3 is 6.09 Å². The van der Waals surface area contributed by atoms with Crippen molar-refractivity contribution in [3.63, 3.8) is 0 Å². The van der Waals surface area contributed by atoms with E-state index in [2.05, 4.69) is 33.2 Å². The minimum Gasteiger partial charge on any atom is -0.444 e. The molecule has 2 atom stereocenters. The van der Waals surface area contributed by atoms with Crippen LogP contribution in [-0.2, 0) is 4.74 Å². The summed E-state index contributed by atoms with van der Waals surface area (Å²) in [7, 11) is 0. The van der Waals surface area contributed by atoms with Crippen LogP contribution in [0.1, 0.15) is 40.5 Å². The number of hydrogen-bond acceptors (Lipinski definition) is 6. The van der Waals surface area contributed by atoms with Gasteiger partial charge in [0, 0.05) is 18.6 Å². The number of nitrogens with one attached hydrogen (secondary N) is 1. The fourth-order valence-corrected chi connectivity index (χ4v) is 3.83. The highest BCUT2D eigenvalue weighted by Crippen LogP contribution is 2.31. The first-order valence-electron chi connectivity index (χ1n) is 8.28. The fourth-order valence-electron chi connectivity index (χ4n) is 3.10. The van der Waals surface area contributed by atoms with E-state index in [0.717, 1.165) is 35.4 Å². The predicted octanol–water partition coefficient (Wildman–Crippen LogP) is 3.57. The van der Waals surface area contributed by atoms with Crippen molar-refractivity contribution in [2.75, 3.05) is 11.4 Å². The van der Waals surface area contributed by atoms with Gasteiger partial charge in [-0.1, -0.05) is 0 Å². The molecule has 3 rings (SSSR count). The first-order valence-corrected chi connectivity index (χ1v) is 9.16. The topological polar surface area (TPSA) is 67.3 Å². The number of hydrogen-bond donors (Lipinski definition) is 1. The average molecular weight is 348 g/mol. The molecule has 7 heteroatoms. The van der Waals surface area contributed by atoms with Crippen LogP contribution in [0.25, 0.3) is 10.2 Å². The van der Waals surface area contributed by atoms with E-state index < -0.39 is 5.60 Å². The second kappa shape index (κ2) is 6.55. The normalized spacial score (nSPS) is 21.8. The van der Waals surface area contributed by atoms with Crippen LogP contribution < -0.4 is 10.2 Å². The van der Waals surface area contributed by atoms with Gasteiger partial charge in [0.2, 0.25) is 0 Å². The van der Waals surface area contributed by atoms with E-state index in [4.69, 9.17) is 4.74 Å². The van der Waals surface area contributed by atoms with Gasteiger partial charge in [-0.3, -0.25) is 0 Å². The number of anilines is 1. The molecule has 3 heterocycles. The zero-order valence-corrected chi connectivity index (χ0v) is 15.4. The van der Waals surface area contributed by atoms with Gasteiger partial charge < -0.3 is 15.0 Å². The highest BCUT2D eigenvalue weighted by molar-refractivity contribution is 7.16. The van der Waals surface area contributed by atoms with Crippen molar-refractivity contribution in [1.82, 2.24) is 15.3 Å². The van der Waals surface area contributed by atoms with Gasteiger partial charge in [0.05, 0.1) is 5.39 Å². The van der Waals surface area contributed by atoms with Gasteiger partial charge in [0.25, 0.3) is 0 Å². The lowest BCUT2D eigenvalue weighted by Gasteiger charge is -2.39. The molecular formula is C17H24N4O2S. The summed E-state index contributed by atoms with van der Waals surface area (Å²) < 4.78 is 5.35. The Hall–Kier alpha value is -1.89. The van der Waals surface area contributed by atoms with Crippen LogP contribution in [0.5, 0.6) is 0 Å². The highest BCUT2D eigenvalue weighted by Gasteiger charge is 2.29. The zero-order valence-electron chi connectivity index (χ0n) is 14.6. The Morgan fingerprint density at radius 1 is 1.42 bits per heavy atom.